The summed E-state index contributed by atoms with van der Waals surface area (Å²) < 4.78 is 7.13. The van der Waals surface area contributed by atoms with Gasteiger partial charge in [0.15, 0.2) is 0 Å². The Morgan fingerprint density at radius 2 is 2.11 bits per heavy atom. The van der Waals surface area contributed by atoms with E-state index in [0.29, 0.717) is 24.5 Å². The van der Waals surface area contributed by atoms with Crippen molar-refractivity contribution in [2.45, 2.75) is 31.3 Å². The summed E-state index contributed by atoms with van der Waals surface area (Å²) in [6.45, 7) is 0.960. The molecule has 0 radical (unpaired) electrons. The van der Waals surface area contributed by atoms with Crippen LogP contribution in [-0.2, 0) is 9.53 Å². The van der Waals surface area contributed by atoms with Gasteiger partial charge in [0.25, 0.3) is 0 Å². The molecule has 1 aliphatic heterocycles. The summed E-state index contributed by atoms with van der Waals surface area (Å²) in [6.07, 6.45) is 9.41. The number of aromatic nitrogens is 3. The molecule has 0 unspecified atom stereocenters. The lowest BCUT2D eigenvalue weighted by Gasteiger charge is -2.24. The summed E-state index contributed by atoms with van der Waals surface area (Å²) in [4.78, 5) is 30.5. The lowest BCUT2D eigenvalue weighted by Crippen LogP contribution is -2.41. The first-order valence-electron chi connectivity index (χ1n) is 9.45. The summed E-state index contributed by atoms with van der Waals surface area (Å²) >= 11 is 0. The van der Waals surface area contributed by atoms with E-state index < -0.39 is 0 Å². The Morgan fingerprint density at radius 1 is 1.25 bits per heavy atom. The van der Waals surface area contributed by atoms with Gasteiger partial charge in [0.2, 0.25) is 5.91 Å². The van der Waals surface area contributed by atoms with Gasteiger partial charge in [0.1, 0.15) is 0 Å². The number of nitrogens with one attached hydrogen (secondary N) is 2. The first-order valence-corrected chi connectivity index (χ1v) is 9.45. The van der Waals surface area contributed by atoms with E-state index in [9.17, 15) is 9.59 Å². The van der Waals surface area contributed by atoms with Crippen molar-refractivity contribution in [1.29, 1.82) is 0 Å². The minimum Gasteiger partial charge on any atom is -0.383 e. The van der Waals surface area contributed by atoms with Crippen molar-refractivity contribution >= 4 is 23.3 Å². The second-order valence-electron chi connectivity index (χ2n) is 7.30. The predicted molar refractivity (Wildman–Crippen MR) is 103 cm³/mol. The quantitative estimate of drug-likeness (QED) is 0.794. The van der Waals surface area contributed by atoms with Crippen LogP contribution in [-0.4, -0.2) is 57.9 Å². The number of amides is 3. The fourth-order valence-corrected chi connectivity index (χ4v) is 3.51. The topological polar surface area (TPSA) is 101 Å². The molecule has 4 rings (SSSR count). The molecule has 0 spiro atoms. The number of nitrogens with zero attached hydrogens (tertiary/aromatic N) is 4. The fourth-order valence-electron chi connectivity index (χ4n) is 3.51. The van der Waals surface area contributed by atoms with Crippen LogP contribution >= 0.6 is 0 Å². The van der Waals surface area contributed by atoms with Gasteiger partial charge in [0.05, 0.1) is 42.5 Å². The zero-order chi connectivity index (χ0) is 19.5. The van der Waals surface area contributed by atoms with E-state index in [1.807, 2.05) is 10.9 Å². The number of likely N-dealkylation sites (tertiary alicyclic amines) is 1. The molecule has 9 heteroatoms. The number of rotatable bonds is 6. The Kier molecular flexibility index (Phi) is 5.25. The molecular weight excluding hydrogens is 360 g/mol. The van der Waals surface area contributed by atoms with Crippen molar-refractivity contribution in [3.05, 3.63) is 36.9 Å². The molecule has 3 amide bonds. The number of pyridine rings is 1. The lowest BCUT2D eigenvalue weighted by atomic mass is 10.2. The number of carbonyl (C=O) groups excluding carboxylic acids is 2. The second-order valence-corrected chi connectivity index (χ2v) is 7.30. The van der Waals surface area contributed by atoms with Crippen LogP contribution in [0.25, 0.3) is 0 Å². The molecule has 1 saturated carbocycles. The Morgan fingerprint density at radius 3 is 2.82 bits per heavy atom. The van der Waals surface area contributed by atoms with Crippen molar-refractivity contribution < 1.29 is 14.3 Å². The van der Waals surface area contributed by atoms with Crippen molar-refractivity contribution in [3.63, 3.8) is 0 Å². The maximum absolute atomic E-state index is 12.8. The Labute approximate surface area is 163 Å². The van der Waals surface area contributed by atoms with Gasteiger partial charge < -0.3 is 20.3 Å². The van der Waals surface area contributed by atoms with Gasteiger partial charge in [-0.25, -0.2) is 4.79 Å². The first-order chi connectivity index (χ1) is 13.6. The Bertz CT molecular complexity index is 835. The number of ether oxygens (including phenoxy) is 1. The van der Waals surface area contributed by atoms with Gasteiger partial charge in [-0.1, -0.05) is 0 Å². The molecule has 2 atom stereocenters. The third-order valence-corrected chi connectivity index (χ3v) is 5.12. The standard InChI is InChI=1S/C19H24N6O3/c1-28-12-17-7-16(11-24(17)19(27)23-14-3-2-6-20-8-14)25-10-15(9-21-25)22-18(26)13-4-5-13/h2-3,6,8-10,13,16-17H,4-5,7,11-12H2,1H3,(H,22,26)(H,23,27)/t16-,17-/m0/s1. The van der Waals surface area contributed by atoms with Crippen LogP contribution in [0.1, 0.15) is 25.3 Å². The molecule has 2 fully saturated rings. The maximum atomic E-state index is 12.8. The number of urea groups is 1. The molecular formula is C19H24N6O3. The highest BCUT2D eigenvalue weighted by Gasteiger charge is 2.37. The van der Waals surface area contributed by atoms with E-state index in [0.717, 1.165) is 19.3 Å². The fraction of sp³-hybridized carbons (Fsp3) is 0.474. The molecule has 1 saturated heterocycles. The van der Waals surface area contributed by atoms with Gasteiger partial charge in [-0.15, -0.1) is 0 Å². The Balaban J connectivity index is 1.42. The number of anilines is 2. The van der Waals surface area contributed by atoms with Crippen molar-refractivity contribution in [3.8, 4) is 0 Å². The summed E-state index contributed by atoms with van der Waals surface area (Å²) in [6, 6.07) is 3.35. The number of hydrogen-bond acceptors (Lipinski definition) is 5. The Hall–Kier alpha value is -2.94. The molecule has 0 aromatic carbocycles. The minimum absolute atomic E-state index is 0.0198. The molecule has 2 aliphatic rings. The van der Waals surface area contributed by atoms with E-state index in [4.69, 9.17) is 4.74 Å². The third kappa shape index (κ3) is 4.14. The molecule has 28 heavy (non-hydrogen) atoms. The average Bonchev–Trinajstić information content (AvgIpc) is 3.31. The van der Waals surface area contributed by atoms with Gasteiger partial charge in [-0.2, -0.15) is 5.10 Å². The monoisotopic (exact) mass is 384 g/mol. The molecule has 0 bridgehead atoms. The zero-order valence-electron chi connectivity index (χ0n) is 15.7. The second kappa shape index (κ2) is 7.97. The van der Waals surface area contributed by atoms with Gasteiger partial charge in [-0.3, -0.25) is 14.5 Å². The molecule has 3 heterocycles. The largest absolute Gasteiger partial charge is 0.383 e. The van der Waals surface area contributed by atoms with E-state index in [-0.39, 0.29) is 29.9 Å². The molecule has 1 aliphatic carbocycles. The summed E-state index contributed by atoms with van der Waals surface area (Å²) in [5, 5.41) is 10.2. The number of methoxy groups -OCH3 is 1. The van der Waals surface area contributed by atoms with Gasteiger partial charge >= 0.3 is 6.03 Å². The maximum Gasteiger partial charge on any atom is 0.322 e. The summed E-state index contributed by atoms with van der Waals surface area (Å²) in [5.74, 6) is 0.202. The van der Waals surface area contributed by atoms with Crippen LogP contribution in [0.2, 0.25) is 0 Å². The van der Waals surface area contributed by atoms with Crippen molar-refractivity contribution in [1.82, 2.24) is 19.7 Å². The summed E-state index contributed by atoms with van der Waals surface area (Å²) in [5.41, 5.74) is 1.34. The minimum atomic E-state index is -0.188. The smallest absolute Gasteiger partial charge is 0.322 e. The van der Waals surface area contributed by atoms with Gasteiger partial charge in [0, 0.05) is 32.0 Å². The summed E-state index contributed by atoms with van der Waals surface area (Å²) in [7, 11) is 1.63. The van der Waals surface area contributed by atoms with Crippen LogP contribution < -0.4 is 10.6 Å². The number of carbonyl (C=O) groups is 2. The SMILES string of the molecule is COC[C@@H]1C[C@H](n2cc(NC(=O)C3CC3)cn2)CN1C(=O)Nc1cccnc1. The van der Waals surface area contributed by atoms with Crippen LogP contribution in [0.3, 0.4) is 0 Å². The third-order valence-electron chi connectivity index (χ3n) is 5.12. The van der Waals surface area contributed by atoms with Crippen LogP contribution in [0.15, 0.2) is 36.9 Å². The highest BCUT2D eigenvalue weighted by molar-refractivity contribution is 5.93. The first kappa shape index (κ1) is 18.4. The van der Waals surface area contributed by atoms with Gasteiger partial charge in [-0.05, 0) is 31.4 Å². The van der Waals surface area contributed by atoms with Crippen LogP contribution in [0.5, 0.6) is 0 Å². The molecule has 2 aromatic heterocycles. The normalized spacial score (nSPS) is 21.5. The van der Waals surface area contributed by atoms with E-state index in [1.165, 1.54) is 0 Å². The molecule has 148 valence electrons. The molecule has 9 nitrogen and oxygen atoms in total. The van der Waals surface area contributed by atoms with Crippen LogP contribution in [0.4, 0.5) is 16.2 Å². The van der Waals surface area contributed by atoms with Crippen LogP contribution in [0, 0.1) is 5.92 Å². The zero-order valence-corrected chi connectivity index (χ0v) is 15.7. The van der Waals surface area contributed by atoms with Crippen molar-refractivity contribution in [2.24, 2.45) is 5.92 Å². The lowest BCUT2D eigenvalue weighted by molar-refractivity contribution is -0.117. The van der Waals surface area contributed by atoms with Crippen molar-refractivity contribution in [2.75, 3.05) is 30.9 Å². The highest BCUT2D eigenvalue weighted by Crippen LogP contribution is 2.31. The predicted octanol–water partition coefficient (Wildman–Crippen LogP) is 2.12. The molecule has 2 N–H and O–H groups in total. The highest BCUT2D eigenvalue weighted by atomic mass is 16.5. The average molecular weight is 384 g/mol. The van der Waals surface area contributed by atoms with E-state index in [2.05, 4.69) is 20.7 Å². The molecule has 2 aromatic rings. The van der Waals surface area contributed by atoms with E-state index >= 15 is 0 Å². The van der Waals surface area contributed by atoms with E-state index in [1.54, 1.807) is 42.7 Å². The number of hydrogen-bond donors (Lipinski definition) is 2.